The molecule has 0 aromatic carbocycles. The second-order valence-electron chi connectivity index (χ2n) is 25.7. The first-order chi connectivity index (χ1) is 36.0. The van der Waals surface area contributed by atoms with Crippen molar-refractivity contribution in [3.05, 3.63) is 11.6 Å². The molecule has 23 heteroatoms. The highest BCUT2D eigenvalue weighted by Crippen LogP contribution is 2.76. The number of aliphatic hydroxyl groups excluding tert-OH is 15. The Morgan fingerprint density at radius 2 is 1.05 bits per heavy atom. The molecule has 4 aliphatic carbocycles. The molecule has 8 rings (SSSR count). The zero-order valence-corrected chi connectivity index (χ0v) is 45.8. The third-order valence-electron chi connectivity index (χ3n) is 20.9. The number of ether oxygens (including phenoxy) is 8. The maximum atomic E-state index is 12.8. The van der Waals surface area contributed by atoms with Crippen LogP contribution in [0.1, 0.15) is 113 Å². The minimum absolute atomic E-state index is 0.0374. The fourth-order valence-corrected chi connectivity index (χ4v) is 16.3. The van der Waals surface area contributed by atoms with E-state index in [-0.39, 0.29) is 34.5 Å². The lowest BCUT2D eigenvalue weighted by molar-refractivity contribution is -0.378. The molecule has 4 saturated carbocycles. The van der Waals surface area contributed by atoms with E-state index in [1.165, 1.54) is 0 Å². The quantitative estimate of drug-likeness (QED) is 0.0576. The summed E-state index contributed by atoms with van der Waals surface area (Å²) in [6.45, 7) is 14.6. The van der Waals surface area contributed by atoms with Crippen molar-refractivity contribution in [3.63, 3.8) is 0 Å². The van der Waals surface area contributed by atoms with E-state index in [1.807, 2.05) is 20.8 Å². The van der Waals surface area contributed by atoms with Gasteiger partial charge in [0.15, 0.2) is 25.2 Å². The van der Waals surface area contributed by atoms with E-state index < -0.39 is 178 Å². The highest BCUT2D eigenvalue weighted by Gasteiger charge is 2.72. The van der Waals surface area contributed by atoms with E-state index in [4.69, 9.17) is 37.9 Å². The zero-order chi connectivity index (χ0) is 56.6. The molecule has 30 atom stereocenters. The smallest absolute Gasteiger partial charge is 0.187 e. The van der Waals surface area contributed by atoms with Gasteiger partial charge in [-0.15, -0.1) is 0 Å². The Labute approximate surface area is 450 Å². The lowest BCUT2D eigenvalue weighted by Crippen LogP contribution is -2.68. The predicted octanol–water partition coefficient (Wildman–Crippen LogP) is -2.20. The molecule has 8 fully saturated rings. The van der Waals surface area contributed by atoms with Gasteiger partial charge in [-0.05, 0) is 124 Å². The molecule has 23 nitrogen and oxygen atoms in total. The van der Waals surface area contributed by atoms with Crippen molar-refractivity contribution in [1.82, 2.24) is 0 Å². The topological polar surface area (TPSA) is 377 Å². The normalized spacial score (nSPS) is 52.7. The fraction of sp³-hybridized carbons (Fsp3) is 0.963. The van der Waals surface area contributed by atoms with Crippen molar-refractivity contribution in [3.8, 4) is 0 Å². The van der Waals surface area contributed by atoms with Crippen LogP contribution in [0.25, 0.3) is 0 Å². The van der Waals surface area contributed by atoms with Gasteiger partial charge in [0.25, 0.3) is 0 Å². The maximum absolute atomic E-state index is 12.8. The van der Waals surface area contributed by atoms with E-state index in [9.17, 15) is 76.6 Å². The van der Waals surface area contributed by atoms with Crippen LogP contribution >= 0.6 is 0 Å². The van der Waals surface area contributed by atoms with E-state index >= 15 is 0 Å². The highest BCUT2D eigenvalue weighted by atomic mass is 16.8. The molecular weight excluding hydrogens is 1020 g/mol. The summed E-state index contributed by atoms with van der Waals surface area (Å²) in [5.74, 6) is -0.475. The van der Waals surface area contributed by atoms with E-state index in [0.717, 1.165) is 24.8 Å². The third-order valence-corrected chi connectivity index (χ3v) is 20.9. The van der Waals surface area contributed by atoms with Crippen molar-refractivity contribution < 1.29 is 114 Å². The largest absolute Gasteiger partial charge is 0.394 e. The van der Waals surface area contributed by atoms with Crippen LogP contribution in [0.15, 0.2) is 11.6 Å². The Balaban J connectivity index is 1.01. The summed E-state index contributed by atoms with van der Waals surface area (Å²) in [4.78, 5) is 0. The molecule has 0 bridgehead atoms. The first-order valence-electron chi connectivity index (χ1n) is 27.9. The number of hydrogen-bond donors (Lipinski definition) is 15. The van der Waals surface area contributed by atoms with Crippen molar-refractivity contribution in [2.24, 2.45) is 45.3 Å². The Morgan fingerprint density at radius 1 is 0.545 bits per heavy atom. The van der Waals surface area contributed by atoms with Crippen LogP contribution in [0.2, 0.25) is 0 Å². The van der Waals surface area contributed by atoms with Gasteiger partial charge < -0.3 is 114 Å². The molecule has 0 amide bonds. The van der Waals surface area contributed by atoms with Gasteiger partial charge in [-0.1, -0.05) is 46.3 Å². The fourth-order valence-electron chi connectivity index (χ4n) is 16.3. The van der Waals surface area contributed by atoms with Gasteiger partial charge in [-0.3, -0.25) is 0 Å². The predicted molar refractivity (Wildman–Crippen MR) is 266 cm³/mol. The maximum Gasteiger partial charge on any atom is 0.187 e. The van der Waals surface area contributed by atoms with Gasteiger partial charge in [0.2, 0.25) is 0 Å². The van der Waals surface area contributed by atoms with Crippen LogP contribution < -0.4 is 0 Å². The number of allylic oxidation sites excluding steroid dienone is 2. The van der Waals surface area contributed by atoms with Gasteiger partial charge >= 0.3 is 0 Å². The van der Waals surface area contributed by atoms with Crippen molar-refractivity contribution in [2.75, 3.05) is 26.4 Å². The molecule has 446 valence electrons. The minimum atomic E-state index is -1.82. The SMILES string of the molecule is CC(C)=CCC[C@](C)(O[C@@H]1O[C@H](CO[C@@H]2O[C@H](CO)[C@@H](O)[C@H](O)[C@H]2O)[C@@H](O)[C@H](O)[C@H]1O)C1CC[C@]2(C)[C@@H]1[C@H](O)CC1[C@@]3(C)CC[C@H](O[C@@H]4O[C@H](CO)[C@@H](O)[C@H](O)[C@H]4O[C@@H]4O[C@H](CO)[C@@H](O)[C@H](O)[C@H]4O)C(C)(C)[C@@H]3CC[C@]12C. The number of fused-ring (bicyclic) bond motifs is 5. The molecule has 8 aliphatic rings. The lowest BCUT2D eigenvalue weighted by Gasteiger charge is -2.71. The van der Waals surface area contributed by atoms with Crippen LogP contribution in [-0.4, -0.2) is 244 Å². The lowest BCUT2D eigenvalue weighted by atomic mass is 9.35. The van der Waals surface area contributed by atoms with E-state index in [2.05, 4.69) is 40.7 Å². The third kappa shape index (κ3) is 10.9. The van der Waals surface area contributed by atoms with E-state index in [0.29, 0.717) is 38.5 Å². The summed E-state index contributed by atoms with van der Waals surface area (Å²) in [5, 5.41) is 162. The van der Waals surface area contributed by atoms with Crippen molar-refractivity contribution in [2.45, 2.75) is 254 Å². The minimum Gasteiger partial charge on any atom is -0.394 e. The van der Waals surface area contributed by atoms with Gasteiger partial charge in [-0.2, -0.15) is 0 Å². The second-order valence-corrected chi connectivity index (χ2v) is 25.7. The summed E-state index contributed by atoms with van der Waals surface area (Å²) in [6.07, 6.45) is -25.2. The van der Waals surface area contributed by atoms with Crippen LogP contribution in [0, 0.1) is 45.3 Å². The Bertz CT molecular complexity index is 1990. The highest BCUT2D eigenvalue weighted by molar-refractivity contribution is 5.20. The summed E-state index contributed by atoms with van der Waals surface area (Å²) in [6, 6.07) is 0. The number of hydrogen-bond acceptors (Lipinski definition) is 23. The van der Waals surface area contributed by atoms with Crippen LogP contribution in [0.4, 0.5) is 0 Å². The summed E-state index contributed by atoms with van der Waals surface area (Å²) >= 11 is 0. The molecule has 4 aliphatic heterocycles. The van der Waals surface area contributed by atoms with Crippen LogP contribution in [0.5, 0.6) is 0 Å². The van der Waals surface area contributed by atoms with E-state index in [1.54, 1.807) is 0 Å². The molecule has 0 radical (unpaired) electrons. The number of aliphatic hydroxyl groups is 15. The van der Waals surface area contributed by atoms with Gasteiger partial charge in [-0.25, -0.2) is 0 Å². The molecular formula is C54H92O23. The molecule has 77 heavy (non-hydrogen) atoms. The summed E-state index contributed by atoms with van der Waals surface area (Å²) < 4.78 is 48.9. The van der Waals surface area contributed by atoms with Crippen LogP contribution in [-0.2, 0) is 37.9 Å². The standard InChI is InChI=1S/C54H92O23/c1-23(2)10-9-14-54(8,77-48-44(69)40(65)37(62)29(74-48)22-70-46-42(67)38(63)34(59)26(19-55)71-46)24-11-16-53(7)33(24)25(58)18-31-51(5)15-13-32(50(3,4)30(51)12-17-52(31,53)6)75-49-45(41(66)36(61)28(21-57)73-49)76-47-43(68)39(64)35(60)27(20-56)72-47/h10,24-49,55-69H,9,11-22H2,1-8H3/t24?,25-,26-,27-,28-,29-,30+,31?,32+,33+,34-,35-,36-,37-,38+,39+,40+,41+,42-,43-,44-,45-,46-,47+,48+,49+,51+,52-,53-,54+/m1/s1. The first kappa shape index (κ1) is 61.9. The molecule has 0 aromatic rings. The van der Waals surface area contributed by atoms with Gasteiger partial charge in [0.05, 0.1) is 44.2 Å². The van der Waals surface area contributed by atoms with Crippen molar-refractivity contribution >= 4 is 0 Å². The summed E-state index contributed by atoms with van der Waals surface area (Å²) in [7, 11) is 0. The Hall–Kier alpha value is -1.18. The molecule has 0 spiro atoms. The zero-order valence-electron chi connectivity index (χ0n) is 45.8. The number of rotatable bonds is 16. The molecule has 4 heterocycles. The van der Waals surface area contributed by atoms with Crippen molar-refractivity contribution in [1.29, 1.82) is 0 Å². The second kappa shape index (κ2) is 23.5. The Kier molecular flexibility index (Phi) is 18.9. The van der Waals surface area contributed by atoms with Gasteiger partial charge in [0.1, 0.15) is 97.7 Å². The average molecular weight is 1110 g/mol. The first-order valence-corrected chi connectivity index (χ1v) is 27.9. The monoisotopic (exact) mass is 1110 g/mol. The Morgan fingerprint density at radius 3 is 1.64 bits per heavy atom. The molecule has 4 saturated heterocycles. The molecule has 0 aromatic heterocycles. The van der Waals surface area contributed by atoms with Crippen LogP contribution in [0.3, 0.4) is 0 Å². The molecule has 2 unspecified atom stereocenters. The summed E-state index contributed by atoms with van der Waals surface area (Å²) in [5.41, 5.74) is -1.59. The van der Waals surface area contributed by atoms with Gasteiger partial charge in [0, 0.05) is 0 Å². The molecule has 15 N–H and O–H groups in total. The average Bonchev–Trinajstić information content (AvgIpc) is 3.96.